The number of hydrogen-bond acceptors (Lipinski definition) is 5. The zero-order chi connectivity index (χ0) is 21.3. The number of rotatable bonds is 4. The van der Waals surface area contributed by atoms with Crippen molar-refractivity contribution in [3.05, 3.63) is 51.4 Å². The maximum absolute atomic E-state index is 13.8. The molecule has 2 aliphatic rings. The van der Waals surface area contributed by atoms with Gasteiger partial charge in [-0.3, -0.25) is 0 Å². The lowest BCUT2D eigenvalue weighted by Gasteiger charge is -2.18. The van der Waals surface area contributed by atoms with Gasteiger partial charge >= 0.3 is 0 Å². The number of nitrogens with two attached hydrogens (primary N) is 1. The Bertz CT molecular complexity index is 1010. The number of halogens is 3. The van der Waals surface area contributed by atoms with Gasteiger partial charge in [0.1, 0.15) is 11.9 Å². The lowest BCUT2D eigenvalue weighted by molar-refractivity contribution is -0.0905. The van der Waals surface area contributed by atoms with Crippen molar-refractivity contribution in [3.63, 3.8) is 0 Å². The van der Waals surface area contributed by atoms with Crippen LogP contribution in [0.2, 0.25) is 10.0 Å². The number of fused-ring (bicyclic) bond motifs is 1. The van der Waals surface area contributed by atoms with E-state index < -0.39 is 11.9 Å². The van der Waals surface area contributed by atoms with Crippen molar-refractivity contribution in [2.45, 2.75) is 32.2 Å². The van der Waals surface area contributed by atoms with Gasteiger partial charge in [0, 0.05) is 46.7 Å². The molecule has 5 nitrogen and oxygen atoms in total. The molecule has 0 radical (unpaired) electrons. The zero-order valence-electron chi connectivity index (χ0n) is 16.3. The minimum atomic E-state index is -0.636. The summed E-state index contributed by atoms with van der Waals surface area (Å²) in [4.78, 5) is 4.16. The highest BCUT2D eigenvalue weighted by molar-refractivity contribution is 6.36. The van der Waals surface area contributed by atoms with E-state index in [0.29, 0.717) is 40.3 Å². The zero-order valence-corrected chi connectivity index (χ0v) is 17.8. The van der Waals surface area contributed by atoms with E-state index in [4.69, 9.17) is 43.1 Å². The Kier molecular flexibility index (Phi) is 6.35. The molecule has 2 aliphatic heterocycles. The van der Waals surface area contributed by atoms with Crippen LogP contribution in [0, 0.1) is 29.5 Å². The van der Waals surface area contributed by atoms with Crippen LogP contribution < -0.4 is 10.5 Å². The first-order chi connectivity index (χ1) is 14.4. The van der Waals surface area contributed by atoms with E-state index in [1.165, 1.54) is 12.1 Å². The van der Waals surface area contributed by atoms with Gasteiger partial charge in [-0.15, -0.1) is 0 Å². The molecule has 1 aromatic carbocycles. The molecule has 158 valence electrons. The fourth-order valence-electron chi connectivity index (χ4n) is 3.83. The molecular formula is C22H21Cl2FN2O3. The number of anilines is 1. The van der Waals surface area contributed by atoms with E-state index in [9.17, 15) is 4.39 Å². The molecule has 2 fully saturated rings. The predicted molar refractivity (Wildman–Crippen MR) is 113 cm³/mol. The van der Waals surface area contributed by atoms with Crippen LogP contribution in [0.15, 0.2) is 24.4 Å². The molecule has 0 amide bonds. The molecule has 30 heavy (non-hydrogen) atoms. The minimum Gasteiger partial charge on any atom is -0.482 e. The van der Waals surface area contributed by atoms with Gasteiger partial charge in [-0.25, -0.2) is 9.37 Å². The molecule has 2 aromatic rings. The van der Waals surface area contributed by atoms with Crippen LogP contribution >= 0.6 is 23.2 Å². The quantitative estimate of drug-likeness (QED) is 0.524. The third kappa shape index (κ3) is 4.35. The highest BCUT2D eigenvalue weighted by atomic mass is 35.5. The Hall–Kier alpha value is -2.04. The third-order valence-corrected chi connectivity index (χ3v) is 6.15. The summed E-state index contributed by atoms with van der Waals surface area (Å²) in [6, 6.07) is 4.36. The normalized spacial score (nSPS) is 23.5. The van der Waals surface area contributed by atoms with E-state index in [-0.39, 0.29) is 17.1 Å². The number of nitrogens with zero attached hydrogens (tertiary/aromatic N) is 1. The molecular weight excluding hydrogens is 430 g/mol. The third-order valence-electron chi connectivity index (χ3n) is 5.43. The standard InChI is InChI=1S/C22H21Cl2FN2O3/c1-12(19-16(23)5-6-17(25)20(19)24)30-18-9-13(10-27-21(18)26)3-2-4-14-11-29-22-15(14)7-8-28-22/h5-6,9-10,12,14-15,22H,4,7-8,11H2,1H3,(H2,26,27). The van der Waals surface area contributed by atoms with Gasteiger partial charge in [0.05, 0.1) is 18.2 Å². The second kappa shape index (κ2) is 8.99. The lowest BCUT2D eigenvalue weighted by Crippen LogP contribution is -2.14. The van der Waals surface area contributed by atoms with Crippen molar-refractivity contribution in [2.75, 3.05) is 18.9 Å². The van der Waals surface area contributed by atoms with Gasteiger partial charge < -0.3 is 19.9 Å². The highest BCUT2D eigenvalue weighted by Gasteiger charge is 2.40. The first-order valence-corrected chi connectivity index (χ1v) is 10.5. The minimum absolute atomic E-state index is 0.0713. The van der Waals surface area contributed by atoms with Crippen LogP contribution in [-0.4, -0.2) is 24.5 Å². The van der Waals surface area contributed by atoms with Gasteiger partial charge in [0.2, 0.25) is 0 Å². The van der Waals surface area contributed by atoms with Crippen molar-refractivity contribution >= 4 is 29.0 Å². The van der Waals surface area contributed by atoms with Gasteiger partial charge in [0.15, 0.2) is 17.9 Å². The Morgan fingerprint density at radius 3 is 3.03 bits per heavy atom. The van der Waals surface area contributed by atoms with Gasteiger partial charge in [-0.05, 0) is 25.5 Å². The molecule has 4 rings (SSSR count). The molecule has 3 heterocycles. The van der Waals surface area contributed by atoms with Crippen molar-refractivity contribution in [3.8, 4) is 17.6 Å². The van der Waals surface area contributed by atoms with Crippen LogP contribution in [0.5, 0.6) is 5.75 Å². The molecule has 4 atom stereocenters. The maximum atomic E-state index is 13.8. The summed E-state index contributed by atoms with van der Waals surface area (Å²) in [5.74, 6) is 7.07. The molecule has 4 unspecified atom stereocenters. The van der Waals surface area contributed by atoms with E-state index in [2.05, 4.69) is 16.8 Å². The Morgan fingerprint density at radius 1 is 1.37 bits per heavy atom. The summed E-state index contributed by atoms with van der Waals surface area (Å²) >= 11 is 12.3. The summed E-state index contributed by atoms with van der Waals surface area (Å²) in [6.45, 7) is 3.13. The average molecular weight is 451 g/mol. The Balaban J connectivity index is 1.47. The van der Waals surface area contributed by atoms with Crippen LogP contribution in [0.25, 0.3) is 0 Å². The monoisotopic (exact) mass is 450 g/mol. The Morgan fingerprint density at radius 2 is 2.20 bits per heavy atom. The molecule has 8 heteroatoms. The highest BCUT2D eigenvalue weighted by Crippen LogP contribution is 2.37. The summed E-state index contributed by atoms with van der Waals surface area (Å²) in [5, 5.41) is 0.231. The van der Waals surface area contributed by atoms with Crippen molar-refractivity contribution in [1.82, 2.24) is 4.98 Å². The smallest absolute Gasteiger partial charge is 0.166 e. The Labute approximate surface area is 184 Å². The van der Waals surface area contributed by atoms with E-state index in [0.717, 1.165) is 19.4 Å². The second-order valence-electron chi connectivity index (χ2n) is 7.42. The summed E-state index contributed by atoms with van der Waals surface area (Å²) in [5.41, 5.74) is 6.97. The van der Waals surface area contributed by atoms with Crippen molar-refractivity contribution in [1.29, 1.82) is 0 Å². The maximum Gasteiger partial charge on any atom is 0.166 e. The number of pyridine rings is 1. The molecule has 1 aromatic heterocycles. The van der Waals surface area contributed by atoms with Crippen LogP contribution in [0.4, 0.5) is 10.2 Å². The molecule has 0 spiro atoms. The van der Waals surface area contributed by atoms with E-state index >= 15 is 0 Å². The van der Waals surface area contributed by atoms with Crippen LogP contribution in [0.1, 0.15) is 37.0 Å². The number of benzene rings is 1. The van der Waals surface area contributed by atoms with Crippen LogP contribution in [-0.2, 0) is 9.47 Å². The van der Waals surface area contributed by atoms with Gasteiger partial charge in [-0.2, -0.15) is 0 Å². The number of hydrogen-bond donors (Lipinski definition) is 1. The lowest BCUT2D eigenvalue weighted by atomic mass is 9.91. The first kappa shape index (κ1) is 21.2. The largest absolute Gasteiger partial charge is 0.482 e. The molecule has 2 saturated heterocycles. The van der Waals surface area contributed by atoms with Gasteiger partial charge in [-0.1, -0.05) is 35.0 Å². The van der Waals surface area contributed by atoms with Crippen molar-refractivity contribution < 1.29 is 18.6 Å². The SMILES string of the molecule is CC(Oc1cc(C#CCC2COC3OCCC23)cnc1N)c1c(Cl)ccc(F)c1Cl. The van der Waals surface area contributed by atoms with E-state index in [1.54, 1.807) is 19.2 Å². The molecule has 2 N–H and O–H groups in total. The van der Waals surface area contributed by atoms with Gasteiger partial charge in [0.25, 0.3) is 0 Å². The van der Waals surface area contributed by atoms with E-state index in [1.807, 2.05) is 0 Å². The average Bonchev–Trinajstić information content (AvgIpc) is 3.32. The molecule has 0 aliphatic carbocycles. The first-order valence-electron chi connectivity index (χ1n) is 9.71. The summed E-state index contributed by atoms with van der Waals surface area (Å²) < 4.78 is 30.9. The topological polar surface area (TPSA) is 66.6 Å². The number of ether oxygens (including phenoxy) is 3. The fourth-order valence-corrected chi connectivity index (χ4v) is 4.51. The fraction of sp³-hybridized carbons (Fsp3) is 0.409. The number of nitrogen functional groups attached to an aromatic ring is 1. The van der Waals surface area contributed by atoms with Crippen LogP contribution in [0.3, 0.4) is 0 Å². The van der Waals surface area contributed by atoms with Crippen molar-refractivity contribution in [2.24, 2.45) is 11.8 Å². The number of aromatic nitrogens is 1. The molecule has 0 bridgehead atoms. The second-order valence-corrected chi connectivity index (χ2v) is 8.20. The summed E-state index contributed by atoms with van der Waals surface area (Å²) in [6.07, 6.45) is 2.62. The summed E-state index contributed by atoms with van der Waals surface area (Å²) in [7, 11) is 0. The molecule has 0 saturated carbocycles. The predicted octanol–water partition coefficient (Wildman–Crippen LogP) is 5.00.